The zero-order valence-corrected chi connectivity index (χ0v) is 7.94. The van der Waals surface area contributed by atoms with E-state index in [-0.39, 0.29) is 12.6 Å². The van der Waals surface area contributed by atoms with E-state index >= 15 is 0 Å². The zero-order valence-electron chi connectivity index (χ0n) is 7.94. The number of nitrogens with zero attached hydrogens (tertiary/aromatic N) is 2. The van der Waals surface area contributed by atoms with Crippen LogP contribution >= 0.6 is 0 Å². The fraction of sp³-hybridized carbons (Fsp3) is 0.444. The van der Waals surface area contributed by atoms with Gasteiger partial charge in [0.1, 0.15) is 0 Å². The first-order valence-corrected chi connectivity index (χ1v) is 4.19. The van der Waals surface area contributed by atoms with Crippen LogP contribution in [-0.2, 0) is 0 Å². The largest absolute Gasteiger partial charge is 0.397 e. The molecule has 1 aromatic rings. The van der Waals surface area contributed by atoms with Gasteiger partial charge in [-0.1, -0.05) is 0 Å². The first kappa shape index (κ1) is 9.80. The van der Waals surface area contributed by atoms with E-state index in [1.807, 2.05) is 24.9 Å². The molecule has 0 spiro atoms. The minimum atomic E-state index is 0.0728. The maximum Gasteiger partial charge on any atom is 0.0632 e. The summed E-state index contributed by atoms with van der Waals surface area (Å²) in [5.41, 5.74) is 7.14. The van der Waals surface area contributed by atoms with Crippen LogP contribution in [0.15, 0.2) is 18.5 Å². The number of rotatable bonds is 3. The summed E-state index contributed by atoms with van der Waals surface area (Å²) in [5.74, 6) is 0. The Morgan fingerprint density at radius 3 is 2.85 bits per heavy atom. The van der Waals surface area contributed by atoms with Crippen LogP contribution in [0.25, 0.3) is 0 Å². The molecule has 3 N–H and O–H groups in total. The lowest BCUT2D eigenvalue weighted by Crippen LogP contribution is -2.31. The van der Waals surface area contributed by atoms with E-state index in [1.165, 1.54) is 0 Å². The Hall–Kier alpha value is -1.29. The van der Waals surface area contributed by atoms with Gasteiger partial charge >= 0.3 is 0 Å². The molecule has 0 fully saturated rings. The number of nitrogens with two attached hydrogens (primary N) is 1. The van der Waals surface area contributed by atoms with Crippen LogP contribution in [0.3, 0.4) is 0 Å². The average molecular weight is 181 g/mol. The lowest BCUT2D eigenvalue weighted by Gasteiger charge is -2.24. The minimum Gasteiger partial charge on any atom is -0.397 e. The number of hydrogen-bond donors (Lipinski definition) is 2. The lowest BCUT2D eigenvalue weighted by molar-refractivity contribution is 0.270. The maximum atomic E-state index is 8.94. The number of aliphatic hydroxyl groups excluding tert-OH is 1. The molecule has 0 aliphatic heterocycles. The van der Waals surface area contributed by atoms with Crippen LogP contribution in [0.5, 0.6) is 0 Å². The second-order valence-corrected chi connectivity index (χ2v) is 3.12. The minimum absolute atomic E-state index is 0.0728. The standard InChI is InChI=1S/C9H15N3O/c1-7(6-13)12(2)9-3-8(10)4-11-5-9/h3-5,7,13H,6,10H2,1-2H3. The molecule has 1 atom stereocenters. The van der Waals surface area contributed by atoms with E-state index in [9.17, 15) is 0 Å². The fourth-order valence-corrected chi connectivity index (χ4v) is 1.01. The molecule has 13 heavy (non-hydrogen) atoms. The predicted octanol–water partition coefficient (Wildman–Crippen LogP) is 0.481. The zero-order chi connectivity index (χ0) is 9.84. The Balaban J connectivity index is 2.82. The van der Waals surface area contributed by atoms with Gasteiger partial charge < -0.3 is 15.7 Å². The first-order valence-electron chi connectivity index (χ1n) is 4.19. The van der Waals surface area contributed by atoms with Gasteiger partial charge in [0.25, 0.3) is 0 Å². The number of anilines is 2. The third-order valence-electron chi connectivity index (χ3n) is 2.08. The molecular formula is C9H15N3O. The van der Waals surface area contributed by atoms with Crippen molar-refractivity contribution in [3.8, 4) is 0 Å². The van der Waals surface area contributed by atoms with Crippen molar-refractivity contribution in [3.05, 3.63) is 18.5 Å². The summed E-state index contributed by atoms with van der Waals surface area (Å²) in [6.45, 7) is 2.05. The molecule has 4 nitrogen and oxygen atoms in total. The highest BCUT2D eigenvalue weighted by molar-refractivity contribution is 5.53. The number of aromatic nitrogens is 1. The van der Waals surface area contributed by atoms with Gasteiger partial charge in [0.2, 0.25) is 0 Å². The molecule has 0 bridgehead atoms. The van der Waals surface area contributed by atoms with Crippen molar-refractivity contribution in [2.45, 2.75) is 13.0 Å². The molecule has 0 amide bonds. The second-order valence-electron chi connectivity index (χ2n) is 3.12. The van der Waals surface area contributed by atoms with Gasteiger partial charge in [0.15, 0.2) is 0 Å². The van der Waals surface area contributed by atoms with Crippen LogP contribution < -0.4 is 10.6 Å². The summed E-state index contributed by atoms with van der Waals surface area (Å²) in [6.07, 6.45) is 3.32. The van der Waals surface area contributed by atoms with E-state index < -0.39 is 0 Å². The number of pyridine rings is 1. The third kappa shape index (κ3) is 2.32. The summed E-state index contributed by atoms with van der Waals surface area (Å²) in [7, 11) is 1.90. The molecular weight excluding hydrogens is 166 g/mol. The predicted molar refractivity (Wildman–Crippen MR) is 53.6 cm³/mol. The van der Waals surface area contributed by atoms with Crippen LogP contribution in [0.1, 0.15) is 6.92 Å². The van der Waals surface area contributed by atoms with Gasteiger partial charge in [-0.25, -0.2) is 0 Å². The van der Waals surface area contributed by atoms with E-state index in [1.54, 1.807) is 12.4 Å². The quantitative estimate of drug-likeness (QED) is 0.712. The Bertz CT molecular complexity index is 277. The Labute approximate surface area is 78.0 Å². The molecule has 0 saturated carbocycles. The Morgan fingerprint density at radius 1 is 1.62 bits per heavy atom. The van der Waals surface area contributed by atoms with Crippen LogP contribution in [0, 0.1) is 0 Å². The van der Waals surface area contributed by atoms with E-state index in [4.69, 9.17) is 10.8 Å². The van der Waals surface area contributed by atoms with Gasteiger partial charge in [-0.15, -0.1) is 0 Å². The van der Waals surface area contributed by atoms with E-state index in [2.05, 4.69) is 4.98 Å². The van der Waals surface area contributed by atoms with E-state index in [0.717, 1.165) is 5.69 Å². The fourth-order valence-electron chi connectivity index (χ4n) is 1.01. The van der Waals surface area contributed by atoms with Gasteiger partial charge in [-0.05, 0) is 13.0 Å². The molecule has 1 unspecified atom stereocenters. The van der Waals surface area contributed by atoms with Crippen LogP contribution in [0.4, 0.5) is 11.4 Å². The molecule has 0 radical (unpaired) electrons. The third-order valence-corrected chi connectivity index (χ3v) is 2.08. The molecule has 0 aliphatic carbocycles. The molecule has 1 heterocycles. The van der Waals surface area contributed by atoms with E-state index in [0.29, 0.717) is 5.69 Å². The smallest absolute Gasteiger partial charge is 0.0632 e. The number of aliphatic hydroxyl groups is 1. The summed E-state index contributed by atoms with van der Waals surface area (Å²) < 4.78 is 0. The number of likely N-dealkylation sites (N-methyl/N-ethyl adjacent to an activating group) is 1. The first-order chi connectivity index (χ1) is 6.15. The van der Waals surface area contributed by atoms with Gasteiger partial charge in [-0.3, -0.25) is 4.98 Å². The highest BCUT2D eigenvalue weighted by Gasteiger charge is 2.08. The topological polar surface area (TPSA) is 62.4 Å². The van der Waals surface area contributed by atoms with Crippen molar-refractivity contribution < 1.29 is 5.11 Å². The molecule has 72 valence electrons. The monoisotopic (exact) mass is 181 g/mol. The number of hydrogen-bond acceptors (Lipinski definition) is 4. The van der Waals surface area contributed by atoms with Crippen molar-refractivity contribution in [1.29, 1.82) is 0 Å². The van der Waals surface area contributed by atoms with Crippen molar-refractivity contribution in [2.75, 3.05) is 24.3 Å². The lowest BCUT2D eigenvalue weighted by atomic mass is 10.2. The second kappa shape index (κ2) is 4.09. The molecule has 1 aromatic heterocycles. The van der Waals surface area contributed by atoms with Crippen molar-refractivity contribution in [3.63, 3.8) is 0 Å². The van der Waals surface area contributed by atoms with Gasteiger partial charge in [0.05, 0.1) is 24.2 Å². The summed E-state index contributed by atoms with van der Waals surface area (Å²) >= 11 is 0. The van der Waals surface area contributed by atoms with Crippen molar-refractivity contribution in [1.82, 2.24) is 4.98 Å². The SMILES string of the molecule is CC(CO)N(C)c1cncc(N)c1. The van der Waals surface area contributed by atoms with Crippen LogP contribution in [-0.4, -0.2) is 29.8 Å². The van der Waals surface area contributed by atoms with Gasteiger partial charge in [-0.2, -0.15) is 0 Å². The van der Waals surface area contributed by atoms with Gasteiger partial charge in [0, 0.05) is 19.3 Å². The highest BCUT2D eigenvalue weighted by Crippen LogP contribution is 2.15. The summed E-state index contributed by atoms with van der Waals surface area (Å²) in [5, 5.41) is 8.94. The Morgan fingerprint density at radius 2 is 2.31 bits per heavy atom. The molecule has 0 aliphatic rings. The number of nitrogen functional groups attached to an aromatic ring is 1. The summed E-state index contributed by atoms with van der Waals surface area (Å²) in [4.78, 5) is 5.91. The highest BCUT2D eigenvalue weighted by atomic mass is 16.3. The van der Waals surface area contributed by atoms with Crippen LogP contribution in [0.2, 0.25) is 0 Å². The molecule has 0 saturated heterocycles. The molecule has 0 aromatic carbocycles. The van der Waals surface area contributed by atoms with Crippen molar-refractivity contribution >= 4 is 11.4 Å². The average Bonchev–Trinajstić information content (AvgIpc) is 2.15. The normalized spacial score (nSPS) is 12.5. The van der Waals surface area contributed by atoms with Crippen molar-refractivity contribution in [2.24, 2.45) is 0 Å². The molecule has 4 heteroatoms. The summed E-state index contributed by atoms with van der Waals surface area (Å²) in [6, 6.07) is 1.91. The maximum absolute atomic E-state index is 8.94. The Kier molecular flexibility index (Phi) is 3.08. The molecule has 1 rings (SSSR count).